The van der Waals surface area contributed by atoms with Crippen LogP contribution in [0.5, 0.6) is 0 Å². The number of aromatic nitrogens is 1. The van der Waals surface area contributed by atoms with Crippen molar-refractivity contribution in [2.75, 3.05) is 0 Å². The summed E-state index contributed by atoms with van der Waals surface area (Å²) < 4.78 is 9.21. The summed E-state index contributed by atoms with van der Waals surface area (Å²) in [6, 6.07) is 1.15. The van der Waals surface area contributed by atoms with Gasteiger partial charge in [-0.3, -0.25) is 10.1 Å². The molecule has 2 rings (SSSR count). The molecule has 0 aliphatic carbocycles. The van der Waals surface area contributed by atoms with Crippen LogP contribution in [0.3, 0.4) is 0 Å². The highest BCUT2D eigenvalue weighted by molar-refractivity contribution is 7.05. The number of nitrogens with one attached hydrogen (secondary N) is 1. The van der Waals surface area contributed by atoms with E-state index >= 15 is 0 Å². The maximum Gasteiger partial charge on any atom is 0.321 e. The molecule has 6 heteroatoms. The molecule has 0 saturated carbocycles. The van der Waals surface area contributed by atoms with Crippen molar-refractivity contribution in [2.24, 2.45) is 0 Å². The van der Waals surface area contributed by atoms with E-state index in [4.69, 9.17) is 4.42 Å². The third kappa shape index (κ3) is 3.42. The highest BCUT2D eigenvalue weighted by Gasteiger charge is 2.19. The van der Waals surface area contributed by atoms with Gasteiger partial charge in [0.1, 0.15) is 6.04 Å². The first-order chi connectivity index (χ1) is 9.08. The Balaban J connectivity index is 2.00. The standard InChI is InChI=1S/C13H16N2O3S/c1-8-11(9(2)19-15-8)6-14-12(13(16)17)5-10-3-4-18-7-10/h3-4,7,12,14H,5-6H2,1-2H3,(H,16,17). The number of carbonyl (C=O) groups is 1. The fourth-order valence-electron chi connectivity index (χ4n) is 1.87. The number of furan rings is 1. The van der Waals surface area contributed by atoms with Gasteiger partial charge in [0.05, 0.1) is 18.2 Å². The zero-order valence-electron chi connectivity index (χ0n) is 10.8. The van der Waals surface area contributed by atoms with Crippen LogP contribution < -0.4 is 5.32 Å². The zero-order chi connectivity index (χ0) is 13.8. The lowest BCUT2D eigenvalue weighted by atomic mass is 10.1. The molecule has 1 atom stereocenters. The molecular weight excluding hydrogens is 264 g/mol. The van der Waals surface area contributed by atoms with Crippen LogP contribution in [0.4, 0.5) is 0 Å². The minimum atomic E-state index is -0.861. The van der Waals surface area contributed by atoms with Gasteiger partial charge in [0, 0.05) is 23.4 Å². The minimum absolute atomic E-state index is 0.404. The lowest BCUT2D eigenvalue weighted by molar-refractivity contribution is -0.139. The van der Waals surface area contributed by atoms with Crippen molar-refractivity contribution in [1.29, 1.82) is 0 Å². The number of carboxylic acids is 1. The van der Waals surface area contributed by atoms with E-state index in [1.165, 1.54) is 11.5 Å². The van der Waals surface area contributed by atoms with Crippen molar-refractivity contribution >= 4 is 17.5 Å². The topological polar surface area (TPSA) is 75.4 Å². The van der Waals surface area contributed by atoms with E-state index < -0.39 is 12.0 Å². The monoisotopic (exact) mass is 280 g/mol. The number of nitrogens with zero attached hydrogens (tertiary/aromatic N) is 1. The molecule has 0 aliphatic rings. The number of aryl methyl sites for hydroxylation is 2. The molecule has 0 amide bonds. The van der Waals surface area contributed by atoms with Gasteiger partial charge in [0.15, 0.2) is 0 Å². The van der Waals surface area contributed by atoms with Gasteiger partial charge in [-0.2, -0.15) is 4.37 Å². The van der Waals surface area contributed by atoms with E-state index in [0.29, 0.717) is 13.0 Å². The molecule has 0 aromatic carbocycles. The molecule has 0 saturated heterocycles. The van der Waals surface area contributed by atoms with Gasteiger partial charge in [-0.25, -0.2) is 0 Å². The van der Waals surface area contributed by atoms with Crippen LogP contribution in [-0.2, 0) is 17.8 Å². The molecule has 2 aromatic rings. The number of rotatable bonds is 6. The van der Waals surface area contributed by atoms with Crippen molar-refractivity contribution < 1.29 is 14.3 Å². The van der Waals surface area contributed by atoms with Gasteiger partial charge in [-0.15, -0.1) is 0 Å². The fourth-order valence-corrected chi connectivity index (χ4v) is 2.58. The lowest BCUT2D eigenvalue weighted by Crippen LogP contribution is -2.38. The summed E-state index contributed by atoms with van der Waals surface area (Å²) in [5.41, 5.74) is 2.92. The van der Waals surface area contributed by atoms with Crippen LogP contribution >= 0.6 is 11.5 Å². The van der Waals surface area contributed by atoms with Crippen LogP contribution in [0, 0.1) is 13.8 Å². The van der Waals surface area contributed by atoms with Crippen LogP contribution in [-0.4, -0.2) is 21.5 Å². The Morgan fingerprint density at radius 1 is 1.58 bits per heavy atom. The average molecular weight is 280 g/mol. The Labute approximate surface area is 115 Å². The van der Waals surface area contributed by atoms with Crippen molar-refractivity contribution in [3.63, 3.8) is 0 Å². The summed E-state index contributed by atoms with van der Waals surface area (Å²) in [7, 11) is 0. The third-order valence-electron chi connectivity index (χ3n) is 3.02. The molecule has 2 heterocycles. The maximum absolute atomic E-state index is 11.2. The Bertz CT molecular complexity index is 529. The van der Waals surface area contributed by atoms with Crippen molar-refractivity contribution in [1.82, 2.24) is 9.69 Å². The second kappa shape index (κ2) is 5.99. The maximum atomic E-state index is 11.2. The number of aliphatic carboxylic acids is 1. The molecule has 0 aliphatic heterocycles. The molecule has 0 fully saturated rings. The Kier molecular flexibility index (Phi) is 4.34. The third-order valence-corrected chi connectivity index (χ3v) is 3.91. The Morgan fingerprint density at radius 2 is 2.37 bits per heavy atom. The van der Waals surface area contributed by atoms with E-state index in [9.17, 15) is 9.90 Å². The molecule has 2 aromatic heterocycles. The first-order valence-electron chi connectivity index (χ1n) is 5.97. The summed E-state index contributed by atoms with van der Waals surface area (Å²) in [5, 5.41) is 12.3. The fraction of sp³-hybridized carbons (Fsp3) is 0.385. The van der Waals surface area contributed by atoms with E-state index in [1.54, 1.807) is 18.6 Å². The first-order valence-corrected chi connectivity index (χ1v) is 6.74. The predicted octanol–water partition coefficient (Wildman–Crippen LogP) is 2.14. The predicted molar refractivity (Wildman–Crippen MR) is 72.3 cm³/mol. The van der Waals surface area contributed by atoms with E-state index in [1.807, 2.05) is 13.8 Å². The largest absolute Gasteiger partial charge is 0.480 e. The smallest absolute Gasteiger partial charge is 0.321 e. The van der Waals surface area contributed by atoms with E-state index in [2.05, 4.69) is 9.69 Å². The lowest BCUT2D eigenvalue weighted by Gasteiger charge is -2.13. The van der Waals surface area contributed by atoms with Crippen LogP contribution in [0.1, 0.15) is 21.7 Å². The molecule has 1 unspecified atom stereocenters. The van der Waals surface area contributed by atoms with Crippen molar-refractivity contribution in [3.8, 4) is 0 Å². The van der Waals surface area contributed by atoms with Gasteiger partial charge in [-0.05, 0) is 37.0 Å². The van der Waals surface area contributed by atoms with E-state index in [0.717, 1.165) is 21.7 Å². The van der Waals surface area contributed by atoms with Gasteiger partial charge >= 0.3 is 5.97 Å². The highest BCUT2D eigenvalue weighted by Crippen LogP contribution is 2.17. The molecule has 2 N–H and O–H groups in total. The summed E-state index contributed by atoms with van der Waals surface area (Å²) in [4.78, 5) is 12.4. The molecule has 5 nitrogen and oxygen atoms in total. The molecule has 0 spiro atoms. The SMILES string of the molecule is Cc1nsc(C)c1CNC(Cc1ccoc1)C(=O)O. The number of hydrogen-bond donors (Lipinski definition) is 2. The quantitative estimate of drug-likeness (QED) is 0.848. The van der Waals surface area contributed by atoms with Gasteiger partial charge in [0.2, 0.25) is 0 Å². The first kappa shape index (κ1) is 13.8. The number of carboxylic acid groups (broad SMARTS) is 1. The Morgan fingerprint density at radius 3 is 2.89 bits per heavy atom. The van der Waals surface area contributed by atoms with Crippen LogP contribution in [0.15, 0.2) is 23.0 Å². The van der Waals surface area contributed by atoms with E-state index in [-0.39, 0.29) is 0 Å². The van der Waals surface area contributed by atoms with Crippen molar-refractivity contribution in [2.45, 2.75) is 32.9 Å². The summed E-state index contributed by atoms with van der Waals surface area (Å²) >= 11 is 1.44. The summed E-state index contributed by atoms with van der Waals surface area (Å²) in [5.74, 6) is -0.861. The molecule has 0 radical (unpaired) electrons. The summed E-state index contributed by atoms with van der Waals surface area (Å²) in [6.45, 7) is 4.45. The summed E-state index contributed by atoms with van der Waals surface area (Å²) in [6.07, 6.45) is 3.52. The number of hydrogen-bond acceptors (Lipinski definition) is 5. The normalized spacial score (nSPS) is 12.5. The van der Waals surface area contributed by atoms with Gasteiger partial charge < -0.3 is 9.52 Å². The zero-order valence-corrected chi connectivity index (χ0v) is 11.7. The Hall–Kier alpha value is -1.66. The highest BCUT2D eigenvalue weighted by atomic mass is 32.1. The van der Waals surface area contributed by atoms with Crippen LogP contribution in [0.2, 0.25) is 0 Å². The average Bonchev–Trinajstić information content (AvgIpc) is 2.97. The molecule has 19 heavy (non-hydrogen) atoms. The second-order valence-corrected chi connectivity index (χ2v) is 5.39. The molecular formula is C13H16N2O3S. The molecule has 102 valence electrons. The second-order valence-electron chi connectivity index (χ2n) is 4.41. The molecule has 0 bridgehead atoms. The van der Waals surface area contributed by atoms with Crippen LogP contribution in [0.25, 0.3) is 0 Å². The van der Waals surface area contributed by atoms with Gasteiger partial charge in [-0.1, -0.05) is 0 Å². The van der Waals surface area contributed by atoms with Gasteiger partial charge in [0.25, 0.3) is 0 Å². The van der Waals surface area contributed by atoms with Crippen molar-refractivity contribution in [3.05, 3.63) is 40.3 Å². The minimum Gasteiger partial charge on any atom is -0.480 e.